The highest BCUT2D eigenvalue weighted by atomic mass is 19.1. The molecule has 0 radical (unpaired) electrons. The van der Waals surface area contributed by atoms with Crippen molar-refractivity contribution in [2.24, 2.45) is 0 Å². The van der Waals surface area contributed by atoms with Crippen molar-refractivity contribution >= 4 is 40.0 Å². The van der Waals surface area contributed by atoms with Gasteiger partial charge >= 0.3 is 0 Å². The first kappa shape index (κ1) is 31.6. The normalized spacial score (nSPS) is 25.8. The Morgan fingerprint density at radius 3 is 2.46 bits per heavy atom. The van der Waals surface area contributed by atoms with Gasteiger partial charge in [0.05, 0.1) is 34.8 Å². The van der Waals surface area contributed by atoms with Crippen LogP contribution in [0.2, 0.25) is 0 Å². The highest BCUT2D eigenvalue weighted by Crippen LogP contribution is 2.53. The maximum atomic E-state index is 14.8. The van der Waals surface area contributed by atoms with Crippen LogP contribution in [0.3, 0.4) is 0 Å². The molecule has 1 saturated carbocycles. The molecule has 1 N–H and O–H groups in total. The summed E-state index contributed by atoms with van der Waals surface area (Å²) in [6.45, 7) is 6.94. The fourth-order valence-electron chi connectivity index (χ4n) is 9.86. The van der Waals surface area contributed by atoms with E-state index in [1.807, 2.05) is 15.5 Å². The van der Waals surface area contributed by atoms with Crippen molar-refractivity contribution in [1.29, 1.82) is 0 Å². The number of halogens is 1. The van der Waals surface area contributed by atoms with Gasteiger partial charge in [0.25, 0.3) is 0 Å². The Morgan fingerprint density at radius 1 is 1.00 bits per heavy atom. The Bertz CT molecular complexity index is 1980. The molecule has 2 atom stereocenters. The van der Waals surface area contributed by atoms with Crippen LogP contribution in [0, 0.1) is 5.82 Å². The lowest BCUT2D eigenvalue weighted by Crippen LogP contribution is -2.60. The van der Waals surface area contributed by atoms with Crippen molar-refractivity contribution in [2.75, 3.05) is 23.3 Å². The number of likely N-dealkylation sites (tertiary alicyclic amines) is 1. The maximum Gasteiger partial charge on any atom is 0.238 e. The molecule has 4 aromatic rings. The number of amides is 2. The van der Waals surface area contributed by atoms with Gasteiger partial charge in [-0.15, -0.1) is 0 Å². The van der Waals surface area contributed by atoms with Gasteiger partial charge in [0, 0.05) is 67.7 Å². The summed E-state index contributed by atoms with van der Waals surface area (Å²) in [4.78, 5) is 47.6. The van der Waals surface area contributed by atoms with E-state index >= 15 is 0 Å². The minimum Gasteiger partial charge on any atom is -0.343 e. The van der Waals surface area contributed by atoms with Crippen LogP contribution in [0.5, 0.6) is 0 Å². The zero-order valence-corrected chi connectivity index (χ0v) is 29.1. The van der Waals surface area contributed by atoms with Gasteiger partial charge in [0.1, 0.15) is 5.52 Å². The third kappa shape index (κ3) is 4.86. The van der Waals surface area contributed by atoms with E-state index in [4.69, 9.17) is 9.97 Å². The Hall–Kier alpha value is -4.38. The fraction of sp³-hybridized carbons (Fsp3) is 0.513. The van der Waals surface area contributed by atoms with Crippen LogP contribution in [-0.2, 0) is 15.0 Å². The molecule has 3 saturated heterocycles. The maximum absolute atomic E-state index is 14.8. The molecule has 1 aromatic carbocycles. The quantitative estimate of drug-likeness (QED) is 0.242. The lowest BCUT2D eigenvalue weighted by Gasteiger charge is -2.51. The molecule has 50 heavy (non-hydrogen) atoms. The third-order valence-electron chi connectivity index (χ3n) is 12.5. The van der Waals surface area contributed by atoms with Gasteiger partial charge < -0.3 is 19.7 Å². The second kappa shape index (κ2) is 11.9. The second-order valence-corrected chi connectivity index (χ2v) is 15.5. The van der Waals surface area contributed by atoms with Crippen molar-refractivity contribution in [3.8, 4) is 11.3 Å². The standard InChI is InChI=1S/C39H45FN8O2/c1-23(2)46-22-42-34-20-33(44-37(36(34)46)43-32-11-14-41-21-31(32)40)25-7-10-30-35(17-25)48(38(50)39(30)12-15-45(16-13-39)24(3)49)29-18-28(19-29)47-26-5-4-6-27(47)9-8-26/h7,10-11,14,17,20-23,26-29H,4-6,8-9,12-13,15-16,18-19H2,1-3H3,(H,41,43,44)/t26?,27?,28-,29+. The van der Waals surface area contributed by atoms with Gasteiger partial charge in [-0.1, -0.05) is 18.6 Å². The number of rotatable bonds is 6. The molecular formula is C39H45FN8O2. The fourth-order valence-corrected chi connectivity index (χ4v) is 9.86. The summed E-state index contributed by atoms with van der Waals surface area (Å²) in [5, 5.41) is 3.23. The molecule has 9 rings (SSSR count). The molecule has 260 valence electrons. The number of carbonyl (C=O) groups is 2. The average molecular weight is 677 g/mol. The first-order valence-electron chi connectivity index (χ1n) is 18.5. The number of pyridine rings is 2. The van der Waals surface area contributed by atoms with Gasteiger partial charge in [-0.25, -0.2) is 14.4 Å². The van der Waals surface area contributed by atoms with Crippen LogP contribution in [0.25, 0.3) is 22.3 Å². The second-order valence-electron chi connectivity index (χ2n) is 15.5. The van der Waals surface area contributed by atoms with E-state index in [1.165, 1.54) is 38.3 Å². The zero-order valence-electron chi connectivity index (χ0n) is 29.1. The molecule has 2 unspecified atom stereocenters. The van der Waals surface area contributed by atoms with E-state index in [2.05, 4.69) is 52.1 Å². The van der Waals surface area contributed by atoms with Crippen LogP contribution >= 0.6 is 0 Å². The van der Waals surface area contributed by atoms with E-state index < -0.39 is 11.2 Å². The van der Waals surface area contributed by atoms with Gasteiger partial charge in [0.15, 0.2) is 11.6 Å². The summed E-state index contributed by atoms with van der Waals surface area (Å²) in [5.74, 6) is 0.293. The number of nitrogens with one attached hydrogen (secondary N) is 1. The van der Waals surface area contributed by atoms with Crippen molar-refractivity contribution in [2.45, 2.75) is 114 Å². The summed E-state index contributed by atoms with van der Waals surface area (Å²) in [6.07, 6.45) is 14.4. The van der Waals surface area contributed by atoms with Crippen LogP contribution in [0.4, 0.5) is 21.6 Å². The number of anilines is 3. The van der Waals surface area contributed by atoms with Crippen LogP contribution < -0.4 is 10.2 Å². The van der Waals surface area contributed by atoms with E-state index in [-0.39, 0.29) is 29.6 Å². The van der Waals surface area contributed by atoms with Crippen molar-refractivity contribution < 1.29 is 14.0 Å². The number of fused-ring (bicyclic) bond motifs is 5. The van der Waals surface area contributed by atoms with E-state index in [0.29, 0.717) is 55.6 Å². The van der Waals surface area contributed by atoms with E-state index in [0.717, 1.165) is 40.7 Å². The lowest BCUT2D eigenvalue weighted by molar-refractivity contribution is -0.134. The number of hydrogen-bond acceptors (Lipinski definition) is 7. The van der Waals surface area contributed by atoms with Gasteiger partial charge in [-0.3, -0.25) is 19.5 Å². The minimum atomic E-state index is -0.631. The highest BCUT2D eigenvalue weighted by Gasteiger charge is 2.56. The number of hydrogen-bond donors (Lipinski definition) is 1. The summed E-state index contributed by atoms with van der Waals surface area (Å²) >= 11 is 0. The number of imidazole rings is 1. The van der Waals surface area contributed by atoms with Crippen molar-refractivity contribution in [1.82, 2.24) is 29.3 Å². The summed E-state index contributed by atoms with van der Waals surface area (Å²) in [6, 6.07) is 12.1. The summed E-state index contributed by atoms with van der Waals surface area (Å²) < 4.78 is 16.9. The number of benzene rings is 1. The summed E-state index contributed by atoms with van der Waals surface area (Å²) in [5.41, 5.74) is 4.81. The van der Waals surface area contributed by atoms with Gasteiger partial charge in [-0.05, 0) is 89.0 Å². The monoisotopic (exact) mass is 676 g/mol. The molecule has 1 spiro atoms. The Balaban J connectivity index is 1.10. The number of carbonyl (C=O) groups excluding carboxylic acids is 2. The molecule has 1 aliphatic carbocycles. The topological polar surface area (TPSA) is 99.5 Å². The van der Waals surface area contributed by atoms with E-state index in [9.17, 15) is 14.0 Å². The van der Waals surface area contributed by atoms with Crippen LogP contribution in [0.1, 0.15) is 90.2 Å². The largest absolute Gasteiger partial charge is 0.343 e. The predicted molar refractivity (Wildman–Crippen MR) is 191 cm³/mol. The SMILES string of the molecule is CC(=O)N1CCC2(CC1)C(=O)N([C@H]1C[C@@H](N3C4CCCC3CC4)C1)c1cc(-c3cc4ncn(C(C)C)c4c(Nc4ccncc4F)n3)ccc12. The molecule has 10 nitrogen and oxygen atoms in total. The number of aromatic nitrogens is 4. The molecule has 2 bridgehead atoms. The Morgan fingerprint density at radius 2 is 1.76 bits per heavy atom. The molecular weight excluding hydrogens is 631 g/mol. The Kier molecular flexibility index (Phi) is 7.49. The van der Waals surface area contributed by atoms with Crippen molar-refractivity contribution in [3.05, 3.63) is 60.4 Å². The molecule has 11 heteroatoms. The minimum absolute atomic E-state index is 0.0631. The molecule has 2 amide bonds. The van der Waals surface area contributed by atoms with Crippen molar-refractivity contribution in [3.63, 3.8) is 0 Å². The summed E-state index contributed by atoms with van der Waals surface area (Å²) in [7, 11) is 0. The Labute approximate surface area is 292 Å². The predicted octanol–water partition coefficient (Wildman–Crippen LogP) is 6.73. The third-order valence-corrected chi connectivity index (χ3v) is 12.5. The highest BCUT2D eigenvalue weighted by molar-refractivity contribution is 6.09. The van der Waals surface area contributed by atoms with Gasteiger partial charge in [0.2, 0.25) is 11.8 Å². The number of nitrogens with zero attached hydrogens (tertiary/aromatic N) is 7. The molecule has 3 aromatic heterocycles. The lowest BCUT2D eigenvalue weighted by atomic mass is 9.73. The van der Waals surface area contributed by atoms with Crippen LogP contribution in [-0.4, -0.2) is 78.4 Å². The first-order chi connectivity index (χ1) is 24.2. The van der Waals surface area contributed by atoms with Crippen LogP contribution in [0.15, 0.2) is 49.1 Å². The number of piperidine rings is 2. The average Bonchev–Trinajstić information content (AvgIpc) is 3.70. The van der Waals surface area contributed by atoms with E-state index in [1.54, 1.807) is 25.5 Å². The smallest absolute Gasteiger partial charge is 0.238 e. The molecule has 7 heterocycles. The molecule has 5 aliphatic rings. The van der Waals surface area contributed by atoms with Gasteiger partial charge in [-0.2, -0.15) is 0 Å². The molecule has 4 aliphatic heterocycles. The zero-order chi connectivity index (χ0) is 34.3. The first-order valence-corrected chi connectivity index (χ1v) is 18.5. The molecule has 4 fully saturated rings.